The molecule has 0 bridgehead atoms. The third-order valence-electron chi connectivity index (χ3n) is 4.68. The van der Waals surface area contributed by atoms with E-state index < -0.39 is 0 Å². The summed E-state index contributed by atoms with van der Waals surface area (Å²) in [5, 5.41) is 7.33. The lowest BCUT2D eigenvalue weighted by Gasteiger charge is -2.13. The molecule has 29 heavy (non-hydrogen) atoms. The fraction of sp³-hybridized carbons (Fsp3) is 0.348. The predicted molar refractivity (Wildman–Crippen MR) is 112 cm³/mol. The first-order valence-electron chi connectivity index (χ1n) is 9.68. The molecule has 6 heteroatoms. The van der Waals surface area contributed by atoms with Gasteiger partial charge in [-0.2, -0.15) is 0 Å². The second-order valence-electron chi connectivity index (χ2n) is 6.91. The van der Waals surface area contributed by atoms with E-state index in [-0.39, 0.29) is 0 Å². The molecule has 1 N–H and O–H groups in total. The molecule has 0 unspecified atom stereocenters. The first-order valence-corrected chi connectivity index (χ1v) is 9.68. The third kappa shape index (κ3) is 5.74. The summed E-state index contributed by atoms with van der Waals surface area (Å²) in [7, 11) is 1.64. The molecule has 154 valence electrons. The molecule has 0 fully saturated rings. The van der Waals surface area contributed by atoms with Gasteiger partial charge in [-0.25, -0.2) is 0 Å². The standard InChI is InChI=1S/C23H28N2O4/c1-16-5-8-20(9-6-16)27-12-11-24-14-19-7-10-22(23(13-19)26-4)28-15-21-17(2)25-29-18(21)3/h5-10,13,24H,11-12,14-15H2,1-4H3. The summed E-state index contributed by atoms with van der Waals surface area (Å²) in [6.45, 7) is 8.33. The minimum atomic E-state index is 0.394. The minimum Gasteiger partial charge on any atom is -0.493 e. The predicted octanol–water partition coefficient (Wildman–Crippen LogP) is 4.36. The highest BCUT2D eigenvalue weighted by Gasteiger charge is 2.12. The Balaban J connectivity index is 1.47. The van der Waals surface area contributed by atoms with Crippen molar-refractivity contribution in [3.63, 3.8) is 0 Å². The second kappa shape index (κ2) is 9.98. The van der Waals surface area contributed by atoms with Crippen molar-refractivity contribution in [2.24, 2.45) is 0 Å². The molecule has 3 aromatic rings. The van der Waals surface area contributed by atoms with Gasteiger partial charge >= 0.3 is 0 Å². The van der Waals surface area contributed by atoms with Crippen molar-refractivity contribution in [3.05, 3.63) is 70.6 Å². The van der Waals surface area contributed by atoms with Gasteiger partial charge in [-0.1, -0.05) is 28.9 Å². The summed E-state index contributed by atoms with van der Waals surface area (Å²) < 4.78 is 22.3. The fourth-order valence-corrected chi connectivity index (χ4v) is 2.91. The van der Waals surface area contributed by atoms with Crippen molar-refractivity contribution in [3.8, 4) is 17.2 Å². The van der Waals surface area contributed by atoms with Crippen LogP contribution in [0, 0.1) is 20.8 Å². The molecule has 0 aliphatic heterocycles. The Kier molecular flexibility index (Phi) is 7.14. The molecule has 1 aromatic heterocycles. The van der Waals surface area contributed by atoms with Crippen molar-refractivity contribution < 1.29 is 18.7 Å². The quantitative estimate of drug-likeness (QED) is 0.514. The summed E-state index contributed by atoms with van der Waals surface area (Å²) in [6, 6.07) is 14.0. The van der Waals surface area contributed by atoms with Gasteiger partial charge in [0.2, 0.25) is 0 Å². The number of hydrogen-bond donors (Lipinski definition) is 1. The largest absolute Gasteiger partial charge is 0.493 e. The SMILES string of the molecule is COc1cc(CNCCOc2ccc(C)cc2)ccc1OCc1c(C)noc1C. The lowest BCUT2D eigenvalue weighted by molar-refractivity contribution is 0.281. The molecule has 6 nitrogen and oxygen atoms in total. The topological polar surface area (TPSA) is 65.8 Å². The van der Waals surface area contributed by atoms with Gasteiger partial charge in [-0.15, -0.1) is 0 Å². The third-order valence-corrected chi connectivity index (χ3v) is 4.68. The smallest absolute Gasteiger partial charge is 0.161 e. The van der Waals surface area contributed by atoms with Crippen LogP contribution in [0.2, 0.25) is 0 Å². The van der Waals surface area contributed by atoms with Crippen molar-refractivity contribution >= 4 is 0 Å². The minimum absolute atomic E-state index is 0.394. The van der Waals surface area contributed by atoms with Gasteiger partial charge in [0, 0.05) is 13.1 Å². The van der Waals surface area contributed by atoms with E-state index >= 15 is 0 Å². The van der Waals surface area contributed by atoms with Gasteiger partial charge in [0.1, 0.15) is 24.7 Å². The van der Waals surface area contributed by atoms with Crippen LogP contribution in [0.5, 0.6) is 17.2 Å². The molecule has 2 aromatic carbocycles. The molecular weight excluding hydrogens is 368 g/mol. The van der Waals surface area contributed by atoms with Crippen molar-refractivity contribution in [1.82, 2.24) is 10.5 Å². The molecule has 0 spiro atoms. The van der Waals surface area contributed by atoms with Gasteiger partial charge in [0.15, 0.2) is 11.5 Å². The summed E-state index contributed by atoms with van der Waals surface area (Å²) in [5.41, 5.74) is 4.15. The molecule has 0 amide bonds. The number of nitrogens with one attached hydrogen (secondary N) is 1. The molecule has 0 atom stereocenters. The van der Waals surface area contributed by atoms with E-state index in [4.69, 9.17) is 18.7 Å². The monoisotopic (exact) mass is 396 g/mol. The lowest BCUT2D eigenvalue weighted by Crippen LogP contribution is -2.20. The average Bonchev–Trinajstić information content (AvgIpc) is 3.05. The number of aromatic nitrogens is 1. The molecule has 3 rings (SSSR count). The Morgan fingerprint density at radius 1 is 0.966 bits per heavy atom. The van der Waals surface area contributed by atoms with Crippen LogP contribution >= 0.6 is 0 Å². The van der Waals surface area contributed by atoms with Crippen molar-refractivity contribution in [2.75, 3.05) is 20.3 Å². The van der Waals surface area contributed by atoms with Crippen molar-refractivity contribution in [2.45, 2.75) is 33.9 Å². The van der Waals surface area contributed by atoms with Crippen LogP contribution in [-0.2, 0) is 13.2 Å². The van der Waals surface area contributed by atoms with E-state index in [0.717, 1.165) is 41.4 Å². The number of ether oxygens (including phenoxy) is 3. The van der Waals surface area contributed by atoms with Gasteiger partial charge in [-0.3, -0.25) is 0 Å². The van der Waals surface area contributed by atoms with Crippen molar-refractivity contribution in [1.29, 1.82) is 0 Å². The summed E-state index contributed by atoms with van der Waals surface area (Å²) >= 11 is 0. The van der Waals surface area contributed by atoms with E-state index in [0.29, 0.717) is 24.7 Å². The zero-order chi connectivity index (χ0) is 20.6. The van der Waals surface area contributed by atoms with Crippen LogP contribution in [0.1, 0.15) is 28.1 Å². The molecule has 1 heterocycles. The maximum atomic E-state index is 5.92. The Labute approximate surface area is 171 Å². The number of aryl methyl sites for hydroxylation is 3. The summed E-state index contributed by atoms with van der Waals surface area (Å²) in [6.07, 6.45) is 0. The fourth-order valence-electron chi connectivity index (χ4n) is 2.91. The zero-order valence-electron chi connectivity index (χ0n) is 17.5. The van der Waals surface area contributed by atoms with Crippen LogP contribution in [0.3, 0.4) is 0 Å². The molecule has 0 aliphatic carbocycles. The van der Waals surface area contributed by atoms with Crippen LogP contribution in [0.4, 0.5) is 0 Å². The second-order valence-corrected chi connectivity index (χ2v) is 6.91. The van der Waals surface area contributed by atoms with Gasteiger partial charge < -0.3 is 24.1 Å². The maximum Gasteiger partial charge on any atom is 0.161 e. The van der Waals surface area contributed by atoms with E-state index in [1.54, 1.807) is 7.11 Å². The first kappa shape index (κ1) is 20.7. The van der Waals surface area contributed by atoms with Gasteiger partial charge in [0.05, 0.1) is 18.4 Å². The van der Waals surface area contributed by atoms with E-state index in [1.165, 1.54) is 5.56 Å². The average molecular weight is 396 g/mol. The highest BCUT2D eigenvalue weighted by molar-refractivity contribution is 5.43. The summed E-state index contributed by atoms with van der Waals surface area (Å²) in [4.78, 5) is 0. The molecule has 0 radical (unpaired) electrons. The van der Waals surface area contributed by atoms with Gasteiger partial charge in [-0.05, 0) is 50.6 Å². The lowest BCUT2D eigenvalue weighted by atomic mass is 10.2. The molecule has 0 aliphatic rings. The first-order chi connectivity index (χ1) is 14.1. The van der Waals surface area contributed by atoms with Crippen LogP contribution in [0.25, 0.3) is 0 Å². The number of benzene rings is 2. The highest BCUT2D eigenvalue weighted by Crippen LogP contribution is 2.29. The molecule has 0 saturated carbocycles. The Bertz CT molecular complexity index is 900. The van der Waals surface area contributed by atoms with Crippen LogP contribution < -0.4 is 19.5 Å². The molecule has 0 saturated heterocycles. The van der Waals surface area contributed by atoms with E-state index in [9.17, 15) is 0 Å². The normalized spacial score (nSPS) is 10.8. The number of rotatable bonds is 10. The highest BCUT2D eigenvalue weighted by atomic mass is 16.5. The Hall–Kier alpha value is -2.99. The van der Waals surface area contributed by atoms with E-state index in [2.05, 4.69) is 17.4 Å². The maximum absolute atomic E-state index is 5.92. The number of nitrogens with zero attached hydrogens (tertiary/aromatic N) is 1. The van der Waals surface area contributed by atoms with Crippen LogP contribution in [-0.4, -0.2) is 25.4 Å². The van der Waals surface area contributed by atoms with Gasteiger partial charge in [0.25, 0.3) is 0 Å². The number of hydrogen-bond acceptors (Lipinski definition) is 6. The zero-order valence-corrected chi connectivity index (χ0v) is 17.5. The Morgan fingerprint density at radius 3 is 2.45 bits per heavy atom. The Morgan fingerprint density at radius 2 is 1.76 bits per heavy atom. The van der Waals surface area contributed by atoms with E-state index in [1.807, 2.05) is 56.3 Å². The number of methoxy groups -OCH3 is 1. The molecular formula is C23H28N2O4. The van der Waals surface area contributed by atoms with Crippen LogP contribution in [0.15, 0.2) is 47.0 Å². The summed E-state index contributed by atoms with van der Waals surface area (Å²) in [5.74, 6) is 3.06.